The average Bonchev–Trinajstić information content (AvgIpc) is 3.19. The van der Waals surface area contributed by atoms with Crippen LogP contribution in [0.2, 0.25) is 0 Å². The van der Waals surface area contributed by atoms with E-state index in [0.29, 0.717) is 0 Å². The predicted octanol–water partition coefficient (Wildman–Crippen LogP) is 3.37. The van der Waals surface area contributed by atoms with Crippen molar-refractivity contribution in [2.24, 2.45) is 11.8 Å². The third-order valence-corrected chi connectivity index (χ3v) is 6.84. The molecule has 0 aromatic carbocycles. The monoisotopic (exact) mass is 296 g/mol. The van der Waals surface area contributed by atoms with Crippen LogP contribution in [-0.4, -0.2) is 47.1 Å². The number of thioether (sulfide) groups is 1. The van der Waals surface area contributed by atoms with Gasteiger partial charge in [-0.1, -0.05) is 20.8 Å². The Morgan fingerprint density at radius 3 is 2.65 bits per heavy atom. The molecule has 4 atom stereocenters. The van der Waals surface area contributed by atoms with E-state index in [0.717, 1.165) is 35.2 Å². The van der Waals surface area contributed by atoms with Gasteiger partial charge in [0.2, 0.25) is 0 Å². The Labute approximate surface area is 129 Å². The molecule has 0 aromatic heterocycles. The van der Waals surface area contributed by atoms with Crippen LogP contribution in [-0.2, 0) is 0 Å². The van der Waals surface area contributed by atoms with Gasteiger partial charge < -0.3 is 5.32 Å². The number of rotatable bonds is 5. The van der Waals surface area contributed by atoms with Crippen molar-refractivity contribution in [2.45, 2.75) is 76.3 Å². The Morgan fingerprint density at radius 2 is 2.00 bits per heavy atom. The molecule has 2 saturated carbocycles. The molecule has 0 spiro atoms. The highest BCUT2D eigenvalue weighted by atomic mass is 32.2. The van der Waals surface area contributed by atoms with Crippen molar-refractivity contribution in [3.8, 4) is 0 Å². The maximum absolute atomic E-state index is 3.86. The van der Waals surface area contributed by atoms with Crippen molar-refractivity contribution < 1.29 is 0 Å². The van der Waals surface area contributed by atoms with Crippen LogP contribution in [0.5, 0.6) is 0 Å². The van der Waals surface area contributed by atoms with Crippen LogP contribution in [0.1, 0.15) is 52.9 Å². The van der Waals surface area contributed by atoms with E-state index < -0.39 is 0 Å². The summed E-state index contributed by atoms with van der Waals surface area (Å²) in [6.45, 7) is 9.67. The Balaban J connectivity index is 1.63. The molecule has 1 N–H and O–H groups in total. The summed E-state index contributed by atoms with van der Waals surface area (Å²) in [5.74, 6) is 3.06. The van der Waals surface area contributed by atoms with E-state index in [2.05, 4.69) is 42.7 Å². The van der Waals surface area contributed by atoms with Crippen LogP contribution >= 0.6 is 11.8 Å². The second kappa shape index (κ2) is 6.58. The number of hydrogen-bond donors (Lipinski definition) is 1. The molecule has 3 heteroatoms. The average molecular weight is 297 g/mol. The van der Waals surface area contributed by atoms with Crippen LogP contribution in [0.15, 0.2) is 0 Å². The molecule has 1 aliphatic heterocycles. The van der Waals surface area contributed by atoms with Gasteiger partial charge >= 0.3 is 0 Å². The molecule has 0 amide bonds. The molecule has 4 unspecified atom stereocenters. The first-order valence-corrected chi connectivity index (χ1v) is 9.84. The Kier molecular flexibility index (Phi) is 4.99. The summed E-state index contributed by atoms with van der Waals surface area (Å²) in [5.41, 5.74) is 0. The minimum atomic E-state index is 0.764. The summed E-state index contributed by atoms with van der Waals surface area (Å²) in [4.78, 5) is 2.92. The summed E-state index contributed by atoms with van der Waals surface area (Å²) in [5, 5.41) is 4.79. The van der Waals surface area contributed by atoms with Gasteiger partial charge in [-0.25, -0.2) is 0 Å². The zero-order valence-electron chi connectivity index (χ0n) is 13.5. The lowest BCUT2D eigenvalue weighted by molar-refractivity contribution is 0.0531. The SMILES string of the molecule is CCSC1CCC(N2CC(C3CC3)NCC2C(C)C)C1. The summed E-state index contributed by atoms with van der Waals surface area (Å²) in [6, 6.07) is 2.43. The van der Waals surface area contributed by atoms with Crippen LogP contribution in [0.25, 0.3) is 0 Å². The number of hydrogen-bond acceptors (Lipinski definition) is 3. The van der Waals surface area contributed by atoms with Crippen molar-refractivity contribution in [2.75, 3.05) is 18.8 Å². The molecule has 3 fully saturated rings. The van der Waals surface area contributed by atoms with Crippen molar-refractivity contribution >= 4 is 11.8 Å². The van der Waals surface area contributed by atoms with Crippen LogP contribution in [0.3, 0.4) is 0 Å². The summed E-state index contributed by atoms with van der Waals surface area (Å²) < 4.78 is 0. The standard InChI is InChI=1S/C17H32N2S/c1-4-20-15-8-7-14(9-15)19-11-16(13-5-6-13)18-10-17(19)12(2)3/h12-18H,4-11H2,1-3H3. The molecule has 3 rings (SSSR count). The lowest BCUT2D eigenvalue weighted by Gasteiger charge is -2.46. The quantitative estimate of drug-likeness (QED) is 0.837. The molecule has 20 heavy (non-hydrogen) atoms. The van der Waals surface area contributed by atoms with E-state index in [-0.39, 0.29) is 0 Å². The molecule has 1 heterocycles. The topological polar surface area (TPSA) is 15.3 Å². The second-order valence-electron chi connectivity index (χ2n) is 7.40. The van der Waals surface area contributed by atoms with E-state index in [4.69, 9.17) is 0 Å². The second-order valence-corrected chi connectivity index (χ2v) is 8.98. The minimum Gasteiger partial charge on any atom is -0.311 e. The lowest BCUT2D eigenvalue weighted by atomic mass is 9.94. The van der Waals surface area contributed by atoms with Crippen LogP contribution in [0, 0.1) is 11.8 Å². The Morgan fingerprint density at radius 1 is 1.20 bits per heavy atom. The summed E-state index contributed by atoms with van der Waals surface area (Å²) in [7, 11) is 0. The van der Waals surface area contributed by atoms with Crippen molar-refractivity contribution in [3.05, 3.63) is 0 Å². The van der Waals surface area contributed by atoms with Gasteiger partial charge in [-0.2, -0.15) is 11.8 Å². The van der Waals surface area contributed by atoms with Gasteiger partial charge in [-0.05, 0) is 49.7 Å². The third kappa shape index (κ3) is 3.36. The third-order valence-electron chi connectivity index (χ3n) is 5.61. The molecule has 1 saturated heterocycles. The van der Waals surface area contributed by atoms with Crippen LogP contribution < -0.4 is 5.32 Å². The van der Waals surface area contributed by atoms with Gasteiger partial charge in [0, 0.05) is 36.5 Å². The van der Waals surface area contributed by atoms with Gasteiger partial charge in [0.05, 0.1) is 0 Å². The smallest absolute Gasteiger partial charge is 0.0247 e. The molecule has 0 bridgehead atoms. The van der Waals surface area contributed by atoms with Gasteiger partial charge in [-0.3, -0.25) is 4.90 Å². The molecule has 2 nitrogen and oxygen atoms in total. The zero-order chi connectivity index (χ0) is 14.1. The Bertz CT molecular complexity index is 316. The molecular weight excluding hydrogens is 264 g/mol. The first-order valence-electron chi connectivity index (χ1n) is 8.79. The summed E-state index contributed by atoms with van der Waals surface area (Å²) >= 11 is 2.19. The van der Waals surface area contributed by atoms with E-state index in [9.17, 15) is 0 Å². The fraction of sp³-hybridized carbons (Fsp3) is 1.00. The van der Waals surface area contributed by atoms with Crippen LogP contribution in [0.4, 0.5) is 0 Å². The number of nitrogens with zero attached hydrogens (tertiary/aromatic N) is 1. The fourth-order valence-corrected chi connectivity index (χ4v) is 5.41. The minimum absolute atomic E-state index is 0.764. The van der Waals surface area contributed by atoms with E-state index in [1.54, 1.807) is 0 Å². The summed E-state index contributed by atoms with van der Waals surface area (Å²) in [6.07, 6.45) is 7.27. The molecule has 3 aliphatic rings. The van der Waals surface area contributed by atoms with Gasteiger partial charge in [0.15, 0.2) is 0 Å². The largest absolute Gasteiger partial charge is 0.311 e. The molecule has 116 valence electrons. The lowest BCUT2D eigenvalue weighted by Crippen LogP contribution is -2.61. The van der Waals surface area contributed by atoms with Gasteiger partial charge in [-0.15, -0.1) is 0 Å². The highest BCUT2D eigenvalue weighted by molar-refractivity contribution is 7.99. The number of piperazine rings is 1. The van der Waals surface area contributed by atoms with E-state index in [1.807, 2.05) is 0 Å². The molecule has 2 aliphatic carbocycles. The van der Waals surface area contributed by atoms with E-state index in [1.165, 1.54) is 50.9 Å². The van der Waals surface area contributed by atoms with Crippen molar-refractivity contribution in [3.63, 3.8) is 0 Å². The van der Waals surface area contributed by atoms with Crippen molar-refractivity contribution in [1.29, 1.82) is 0 Å². The van der Waals surface area contributed by atoms with E-state index >= 15 is 0 Å². The zero-order valence-corrected chi connectivity index (χ0v) is 14.3. The first kappa shape index (κ1) is 15.2. The maximum Gasteiger partial charge on any atom is 0.0247 e. The first-order chi connectivity index (χ1) is 9.69. The molecule has 0 aromatic rings. The highest BCUT2D eigenvalue weighted by Gasteiger charge is 2.41. The van der Waals surface area contributed by atoms with Gasteiger partial charge in [0.1, 0.15) is 0 Å². The number of nitrogens with one attached hydrogen (secondary N) is 1. The van der Waals surface area contributed by atoms with Crippen molar-refractivity contribution in [1.82, 2.24) is 10.2 Å². The predicted molar refractivity (Wildman–Crippen MR) is 89.4 cm³/mol. The maximum atomic E-state index is 3.86. The fourth-order valence-electron chi connectivity index (χ4n) is 4.28. The molecular formula is C17H32N2S. The highest BCUT2D eigenvalue weighted by Crippen LogP contribution is 2.38. The Hall–Kier alpha value is 0.270. The normalized spacial score (nSPS) is 39.6. The van der Waals surface area contributed by atoms with Gasteiger partial charge in [0.25, 0.3) is 0 Å². The molecule has 0 radical (unpaired) electrons.